The van der Waals surface area contributed by atoms with Gasteiger partial charge in [0, 0.05) is 10.2 Å². The van der Waals surface area contributed by atoms with Gasteiger partial charge in [0.1, 0.15) is 5.69 Å². The largest absolute Gasteiger partial charge is 0.399 e. The number of nitrogen functional groups attached to an aromatic ring is 1. The molecule has 0 aliphatic carbocycles. The smallest absolute Gasteiger partial charge is 0.272 e. The van der Waals surface area contributed by atoms with E-state index in [1.807, 2.05) is 42.5 Å². The van der Waals surface area contributed by atoms with Crippen molar-refractivity contribution < 1.29 is 0 Å². The van der Waals surface area contributed by atoms with E-state index in [-0.39, 0.29) is 5.56 Å². The topological polar surface area (TPSA) is 60.9 Å². The molecule has 21 heavy (non-hydrogen) atoms. The molecule has 0 aliphatic rings. The van der Waals surface area contributed by atoms with E-state index < -0.39 is 0 Å². The number of aromatic nitrogens is 2. The van der Waals surface area contributed by atoms with E-state index >= 15 is 0 Å². The summed E-state index contributed by atoms with van der Waals surface area (Å²) in [5, 5.41) is 0. The zero-order valence-electron chi connectivity index (χ0n) is 11.5. The molecule has 0 aliphatic heterocycles. The molecule has 0 spiro atoms. The Labute approximate surface area is 130 Å². The van der Waals surface area contributed by atoms with Crippen molar-refractivity contribution in [2.24, 2.45) is 0 Å². The first kappa shape index (κ1) is 13.8. The molecule has 1 heterocycles. The first-order chi connectivity index (χ1) is 10.1. The number of hydrogen-bond donors (Lipinski definition) is 1. The number of fused-ring (bicyclic) bond motifs is 1. The number of benzene rings is 2. The molecule has 0 saturated heterocycles. The van der Waals surface area contributed by atoms with Gasteiger partial charge in [-0.05, 0) is 36.8 Å². The van der Waals surface area contributed by atoms with E-state index in [1.54, 1.807) is 11.5 Å². The lowest BCUT2D eigenvalue weighted by atomic mass is 10.2. The summed E-state index contributed by atoms with van der Waals surface area (Å²) in [4.78, 5) is 16.8. The van der Waals surface area contributed by atoms with Crippen molar-refractivity contribution in [2.45, 2.75) is 13.5 Å². The first-order valence-electron chi connectivity index (χ1n) is 6.56. The van der Waals surface area contributed by atoms with Gasteiger partial charge < -0.3 is 10.3 Å². The van der Waals surface area contributed by atoms with Gasteiger partial charge in [-0.2, -0.15) is 0 Å². The van der Waals surface area contributed by atoms with E-state index in [0.29, 0.717) is 17.9 Å². The number of nitrogens with two attached hydrogens (primary N) is 1. The summed E-state index contributed by atoms with van der Waals surface area (Å²) in [6.45, 7) is 2.22. The molecule has 5 heteroatoms. The Bertz CT molecular complexity index is 886. The lowest BCUT2D eigenvalue weighted by Gasteiger charge is -2.12. The minimum atomic E-state index is -0.0718. The predicted octanol–water partition coefficient (Wildman–Crippen LogP) is 3.10. The molecule has 0 amide bonds. The zero-order chi connectivity index (χ0) is 15.0. The van der Waals surface area contributed by atoms with E-state index in [1.165, 1.54) is 0 Å². The molecule has 2 aromatic carbocycles. The van der Waals surface area contributed by atoms with Gasteiger partial charge in [-0.15, -0.1) is 0 Å². The minimum absolute atomic E-state index is 0.0718. The highest BCUT2D eigenvalue weighted by Crippen LogP contribution is 2.21. The fraction of sp³-hybridized carbons (Fsp3) is 0.125. The molecule has 106 valence electrons. The maximum Gasteiger partial charge on any atom is 0.272 e. The van der Waals surface area contributed by atoms with Crippen LogP contribution in [0.3, 0.4) is 0 Å². The molecule has 0 atom stereocenters. The van der Waals surface area contributed by atoms with Crippen molar-refractivity contribution in [1.29, 1.82) is 0 Å². The molecule has 1 aromatic heterocycles. The summed E-state index contributed by atoms with van der Waals surface area (Å²) in [5.74, 6) is 0. The third-order valence-corrected chi connectivity index (χ3v) is 4.16. The van der Waals surface area contributed by atoms with Crippen LogP contribution in [-0.4, -0.2) is 9.55 Å². The van der Waals surface area contributed by atoms with Gasteiger partial charge in [0.05, 0.1) is 17.6 Å². The van der Waals surface area contributed by atoms with Crippen LogP contribution in [0.25, 0.3) is 11.0 Å². The maximum absolute atomic E-state index is 12.4. The average molecular weight is 344 g/mol. The fourth-order valence-corrected chi connectivity index (χ4v) is 2.86. The molecule has 0 radical (unpaired) electrons. The summed E-state index contributed by atoms with van der Waals surface area (Å²) >= 11 is 3.50. The normalized spacial score (nSPS) is 11.0. The van der Waals surface area contributed by atoms with Gasteiger partial charge in [-0.1, -0.05) is 34.1 Å². The van der Waals surface area contributed by atoms with Gasteiger partial charge in [0.15, 0.2) is 0 Å². The summed E-state index contributed by atoms with van der Waals surface area (Å²) in [6, 6.07) is 13.3. The zero-order valence-corrected chi connectivity index (χ0v) is 13.1. The lowest BCUT2D eigenvalue weighted by Crippen LogP contribution is -2.24. The molecule has 2 N–H and O–H groups in total. The Morgan fingerprint density at radius 1 is 1.24 bits per heavy atom. The standard InChI is InChI=1S/C16H14BrN3O/c1-10-16(21)20(15-5-3-2-4-14(15)19-10)9-11-6-7-12(18)8-13(11)17/h2-8H,9,18H2,1H3. The molecule has 0 bridgehead atoms. The van der Waals surface area contributed by atoms with Crippen LogP contribution in [0.15, 0.2) is 51.7 Å². The average Bonchev–Trinajstić information content (AvgIpc) is 2.46. The molecule has 3 aromatic rings. The number of rotatable bonds is 2. The first-order valence-corrected chi connectivity index (χ1v) is 7.35. The van der Waals surface area contributed by atoms with E-state index in [0.717, 1.165) is 21.1 Å². The second-order valence-corrected chi connectivity index (χ2v) is 5.78. The van der Waals surface area contributed by atoms with Crippen LogP contribution in [0.5, 0.6) is 0 Å². The molecule has 0 saturated carbocycles. The number of hydrogen-bond acceptors (Lipinski definition) is 3. The Balaban J connectivity index is 2.20. The van der Waals surface area contributed by atoms with Gasteiger partial charge >= 0.3 is 0 Å². The number of anilines is 1. The third kappa shape index (κ3) is 2.56. The highest BCUT2D eigenvalue weighted by molar-refractivity contribution is 9.10. The SMILES string of the molecule is Cc1nc2ccccc2n(Cc2ccc(N)cc2Br)c1=O. The quantitative estimate of drug-likeness (QED) is 0.727. The Kier molecular flexibility index (Phi) is 3.51. The minimum Gasteiger partial charge on any atom is -0.399 e. The number of aryl methyl sites for hydroxylation is 1. The van der Waals surface area contributed by atoms with Crippen LogP contribution >= 0.6 is 15.9 Å². The second kappa shape index (κ2) is 5.33. The number of para-hydroxylation sites is 2. The van der Waals surface area contributed by atoms with Crippen LogP contribution < -0.4 is 11.3 Å². The highest BCUT2D eigenvalue weighted by atomic mass is 79.9. The molecule has 4 nitrogen and oxygen atoms in total. The molecule has 0 unspecified atom stereocenters. The molecule has 0 fully saturated rings. The monoisotopic (exact) mass is 343 g/mol. The molecule has 3 rings (SSSR count). The van der Waals surface area contributed by atoms with Crippen LogP contribution in [0.2, 0.25) is 0 Å². The van der Waals surface area contributed by atoms with E-state index in [4.69, 9.17) is 5.73 Å². The fourth-order valence-electron chi connectivity index (χ4n) is 2.34. The van der Waals surface area contributed by atoms with Gasteiger partial charge in [-0.3, -0.25) is 4.79 Å². The van der Waals surface area contributed by atoms with E-state index in [2.05, 4.69) is 20.9 Å². The van der Waals surface area contributed by atoms with Crippen LogP contribution in [0.1, 0.15) is 11.3 Å². The van der Waals surface area contributed by atoms with Crippen LogP contribution in [0.4, 0.5) is 5.69 Å². The Morgan fingerprint density at radius 2 is 2.00 bits per heavy atom. The van der Waals surface area contributed by atoms with Crippen molar-refractivity contribution in [1.82, 2.24) is 9.55 Å². The summed E-state index contributed by atoms with van der Waals surface area (Å²) in [6.07, 6.45) is 0. The van der Waals surface area contributed by atoms with Crippen LogP contribution in [-0.2, 0) is 6.54 Å². The Morgan fingerprint density at radius 3 is 2.76 bits per heavy atom. The van der Waals surface area contributed by atoms with Crippen LogP contribution in [0, 0.1) is 6.92 Å². The number of halogens is 1. The third-order valence-electron chi connectivity index (χ3n) is 3.42. The molecular weight excluding hydrogens is 330 g/mol. The van der Waals surface area contributed by atoms with Crippen molar-refractivity contribution in [3.63, 3.8) is 0 Å². The van der Waals surface area contributed by atoms with E-state index in [9.17, 15) is 4.79 Å². The Hall–Kier alpha value is -2.14. The number of nitrogens with zero attached hydrogens (tertiary/aromatic N) is 2. The van der Waals surface area contributed by atoms with Gasteiger partial charge in [0.2, 0.25) is 0 Å². The van der Waals surface area contributed by atoms with Crippen molar-refractivity contribution in [3.8, 4) is 0 Å². The summed E-state index contributed by atoms with van der Waals surface area (Å²) in [7, 11) is 0. The van der Waals surface area contributed by atoms with Gasteiger partial charge in [0.25, 0.3) is 5.56 Å². The van der Waals surface area contributed by atoms with Gasteiger partial charge in [-0.25, -0.2) is 4.98 Å². The second-order valence-electron chi connectivity index (χ2n) is 4.93. The lowest BCUT2D eigenvalue weighted by molar-refractivity contribution is 0.774. The van der Waals surface area contributed by atoms with Crippen molar-refractivity contribution in [2.75, 3.05) is 5.73 Å². The maximum atomic E-state index is 12.4. The highest BCUT2D eigenvalue weighted by Gasteiger charge is 2.09. The summed E-state index contributed by atoms with van der Waals surface area (Å²) < 4.78 is 2.64. The summed E-state index contributed by atoms with van der Waals surface area (Å²) in [5.41, 5.74) is 9.53. The molecular formula is C16H14BrN3O. The van der Waals surface area contributed by atoms with Crippen molar-refractivity contribution in [3.05, 3.63) is 68.5 Å². The van der Waals surface area contributed by atoms with Crippen molar-refractivity contribution >= 4 is 32.7 Å². The predicted molar refractivity (Wildman–Crippen MR) is 88.4 cm³/mol.